The highest BCUT2D eigenvalue weighted by atomic mass is 35.5. The normalized spacial score (nSPS) is 11.5. The largest absolute Gasteiger partial charge is 0.379 e. The van der Waals surface area contributed by atoms with Crippen molar-refractivity contribution >= 4 is 11.6 Å². The summed E-state index contributed by atoms with van der Waals surface area (Å²) in [6, 6.07) is 0. The van der Waals surface area contributed by atoms with Crippen LogP contribution in [-0.2, 0) is 4.74 Å². The van der Waals surface area contributed by atoms with E-state index in [-0.39, 0.29) is 5.41 Å². The Morgan fingerprint density at radius 1 is 1.60 bits per heavy atom. The van der Waals surface area contributed by atoms with E-state index in [0.29, 0.717) is 19.1 Å². The van der Waals surface area contributed by atoms with Crippen molar-refractivity contribution in [3.05, 3.63) is 12.7 Å². The van der Waals surface area contributed by atoms with Gasteiger partial charge in [-0.05, 0) is 0 Å². The quantitative estimate of drug-likeness (QED) is 0.343. The standard InChI is InChI=1S/C8H15ClO/c1-4-8(2,3)7-10-6-5-9/h4H,1,5-7H2,2-3H3. The lowest BCUT2D eigenvalue weighted by Crippen LogP contribution is -2.16. The Balaban J connectivity index is 3.37. The van der Waals surface area contributed by atoms with Gasteiger partial charge in [-0.2, -0.15) is 0 Å². The highest BCUT2D eigenvalue weighted by molar-refractivity contribution is 6.17. The van der Waals surface area contributed by atoms with Gasteiger partial charge in [0.1, 0.15) is 0 Å². The summed E-state index contributed by atoms with van der Waals surface area (Å²) in [6.45, 7) is 9.17. The van der Waals surface area contributed by atoms with Crippen molar-refractivity contribution in [1.82, 2.24) is 0 Å². The Morgan fingerprint density at radius 2 is 2.20 bits per heavy atom. The molecule has 0 saturated carbocycles. The highest BCUT2D eigenvalue weighted by Crippen LogP contribution is 2.15. The number of alkyl halides is 1. The second kappa shape index (κ2) is 4.75. The van der Waals surface area contributed by atoms with E-state index in [9.17, 15) is 0 Å². The third-order valence-electron chi connectivity index (χ3n) is 1.25. The zero-order valence-corrected chi connectivity index (χ0v) is 7.45. The maximum Gasteiger partial charge on any atom is 0.0602 e. The molecule has 10 heavy (non-hydrogen) atoms. The van der Waals surface area contributed by atoms with Crippen molar-refractivity contribution in [2.24, 2.45) is 5.41 Å². The Morgan fingerprint density at radius 3 is 2.60 bits per heavy atom. The van der Waals surface area contributed by atoms with Crippen molar-refractivity contribution < 1.29 is 4.74 Å². The van der Waals surface area contributed by atoms with Crippen LogP contribution >= 0.6 is 11.6 Å². The lowest BCUT2D eigenvalue weighted by atomic mass is 9.96. The molecule has 0 heterocycles. The molecule has 0 aromatic rings. The average molecular weight is 163 g/mol. The molecule has 0 spiro atoms. The van der Waals surface area contributed by atoms with Crippen LogP contribution in [-0.4, -0.2) is 19.1 Å². The summed E-state index contributed by atoms with van der Waals surface area (Å²) in [5.74, 6) is 0.563. The van der Waals surface area contributed by atoms with Crippen molar-refractivity contribution in [2.75, 3.05) is 19.1 Å². The molecule has 0 aromatic heterocycles. The fourth-order valence-corrected chi connectivity index (χ4v) is 0.558. The van der Waals surface area contributed by atoms with E-state index < -0.39 is 0 Å². The second-order valence-corrected chi connectivity index (χ2v) is 3.31. The first kappa shape index (κ1) is 9.99. The molecular weight excluding hydrogens is 148 g/mol. The van der Waals surface area contributed by atoms with Crippen LogP contribution in [0.1, 0.15) is 13.8 Å². The van der Waals surface area contributed by atoms with Gasteiger partial charge in [0, 0.05) is 11.3 Å². The van der Waals surface area contributed by atoms with Crippen LogP contribution < -0.4 is 0 Å². The third kappa shape index (κ3) is 4.83. The molecule has 0 aliphatic heterocycles. The fraction of sp³-hybridized carbons (Fsp3) is 0.750. The van der Waals surface area contributed by atoms with Crippen LogP contribution in [0.15, 0.2) is 12.7 Å². The smallest absolute Gasteiger partial charge is 0.0602 e. The number of ether oxygens (including phenoxy) is 1. The molecule has 2 heteroatoms. The summed E-state index contributed by atoms with van der Waals surface area (Å²) < 4.78 is 5.24. The molecule has 0 unspecified atom stereocenters. The predicted octanol–water partition coefficient (Wildman–Crippen LogP) is 2.45. The molecule has 0 bridgehead atoms. The molecule has 0 amide bonds. The zero-order chi connectivity index (χ0) is 8.04. The minimum Gasteiger partial charge on any atom is -0.379 e. The monoisotopic (exact) mass is 162 g/mol. The summed E-state index contributed by atoms with van der Waals surface area (Å²) >= 11 is 5.42. The first-order chi connectivity index (χ1) is 4.62. The van der Waals surface area contributed by atoms with Gasteiger partial charge < -0.3 is 4.74 Å². The van der Waals surface area contributed by atoms with E-state index in [0.717, 1.165) is 0 Å². The summed E-state index contributed by atoms with van der Waals surface area (Å²) in [4.78, 5) is 0. The summed E-state index contributed by atoms with van der Waals surface area (Å²) in [5, 5.41) is 0. The summed E-state index contributed by atoms with van der Waals surface area (Å²) in [7, 11) is 0. The number of rotatable bonds is 5. The topological polar surface area (TPSA) is 9.23 Å². The zero-order valence-electron chi connectivity index (χ0n) is 6.69. The van der Waals surface area contributed by atoms with E-state index in [1.165, 1.54) is 0 Å². The Labute approximate surface area is 68.0 Å². The number of hydrogen-bond donors (Lipinski definition) is 0. The van der Waals surface area contributed by atoms with Gasteiger partial charge in [-0.1, -0.05) is 19.9 Å². The molecule has 0 aliphatic rings. The van der Waals surface area contributed by atoms with Gasteiger partial charge in [0.25, 0.3) is 0 Å². The van der Waals surface area contributed by atoms with Gasteiger partial charge in [-0.15, -0.1) is 18.2 Å². The van der Waals surface area contributed by atoms with Crippen LogP contribution in [0.3, 0.4) is 0 Å². The summed E-state index contributed by atoms with van der Waals surface area (Å²) in [5.41, 5.74) is 0.0755. The SMILES string of the molecule is C=CC(C)(C)COCCCl. The van der Waals surface area contributed by atoms with Gasteiger partial charge >= 0.3 is 0 Å². The van der Waals surface area contributed by atoms with Crippen molar-refractivity contribution in [1.29, 1.82) is 0 Å². The Bertz CT molecular complexity index is 99.4. The molecule has 0 N–H and O–H groups in total. The molecule has 0 atom stereocenters. The van der Waals surface area contributed by atoms with Gasteiger partial charge in [-0.25, -0.2) is 0 Å². The lowest BCUT2D eigenvalue weighted by Gasteiger charge is -2.18. The van der Waals surface area contributed by atoms with E-state index in [1.807, 2.05) is 6.08 Å². The van der Waals surface area contributed by atoms with Gasteiger partial charge in [0.2, 0.25) is 0 Å². The van der Waals surface area contributed by atoms with Crippen molar-refractivity contribution in [2.45, 2.75) is 13.8 Å². The second-order valence-electron chi connectivity index (χ2n) is 2.93. The molecule has 60 valence electrons. The molecule has 0 fully saturated rings. The number of hydrogen-bond acceptors (Lipinski definition) is 1. The molecule has 0 saturated heterocycles. The molecule has 0 rings (SSSR count). The minimum absolute atomic E-state index is 0.0755. The predicted molar refractivity (Wildman–Crippen MR) is 45.5 cm³/mol. The van der Waals surface area contributed by atoms with E-state index in [4.69, 9.17) is 16.3 Å². The first-order valence-corrected chi connectivity index (χ1v) is 3.93. The van der Waals surface area contributed by atoms with Crippen LogP contribution in [0.4, 0.5) is 0 Å². The third-order valence-corrected chi connectivity index (χ3v) is 1.40. The maximum atomic E-state index is 5.42. The summed E-state index contributed by atoms with van der Waals surface area (Å²) in [6.07, 6.45) is 1.89. The van der Waals surface area contributed by atoms with Gasteiger partial charge in [0.05, 0.1) is 13.2 Å². The minimum atomic E-state index is 0.0755. The maximum absolute atomic E-state index is 5.42. The molecular formula is C8H15ClO. The van der Waals surface area contributed by atoms with E-state index >= 15 is 0 Å². The van der Waals surface area contributed by atoms with Crippen LogP contribution in [0.5, 0.6) is 0 Å². The molecule has 0 radical (unpaired) electrons. The van der Waals surface area contributed by atoms with E-state index in [1.54, 1.807) is 0 Å². The van der Waals surface area contributed by atoms with Crippen molar-refractivity contribution in [3.63, 3.8) is 0 Å². The van der Waals surface area contributed by atoms with Crippen LogP contribution in [0, 0.1) is 5.41 Å². The number of halogens is 1. The van der Waals surface area contributed by atoms with Crippen LogP contribution in [0.2, 0.25) is 0 Å². The molecule has 0 aromatic carbocycles. The molecule has 0 aliphatic carbocycles. The van der Waals surface area contributed by atoms with Crippen molar-refractivity contribution in [3.8, 4) is 0 Å². The fourth-order valence-electron chi connectivity index (χ4n) is 0.449. The first-order valence-electron chi connectivity index (χ1n) is 3.40. The Kier molecular flexibility index (Phi) is 4.75. The highest BCUT2D eigenvalue weighted by Gasteiger charge is 2.11. The molecule has 1 nitrogen and oxygen atoms in total. The Hall–Kier alpha value is -0.0100. The van der Waals surface area contributed by atoms with E-state index in [2.05, 4.69) is 20.4 Å². The van der Waals surface area contributed by atoms with Gasteiger partial charge in [0.15, 0.2) is 0 Å². The van der Waals surface area contributed by atoms with Gasteiger partial charge in [-0.3, -0.25) is 0 Å². The lowest BCUT2D eigenvalue weighted by molar-refractivity contribution is 0.0952. The van der Waals surface area contributed by atoms with Crippen LogP contribution in [0.25, 0.3) is 0 Å². The average Bonchev–Trinajstić information content (AvgIpc) is 1.89.